The predicted octanol–water partition coefficient (Wildman–Crippen LogP) is 12.6. The molecule has 0 radical (unpaired) electrons. The molecule has 0 atom stereocenters. The van der Waals surface area contributed by atoms with Gasteiger partial charge in [0.1, 0.15) is 17.5 Å². The third-order valence-corrected chi connectivity index (χ3v) is 20.2. The van der Waals surface area contributed by atoms with Crippen molar-refractivity contribution < 1.29 is 19.2 Å². The van der Waals surface area contributed by atoms with Crippen LogP contribution in [0.5, 0.6) is 0 Å². The zero-order valence-electron chi connectivity index (χ0n) is 50.7. The average Bonchev–Trinajstić information content (AvgIpc) is 4.14. The summed E-state index contributed by atoms with van der Waals surface area (Å²) in [5, 5.41) is 9.64. The number of carbonyl (C=O) groups is 4. The van der Waals surface area contributed by atoms with Crippen LogP contribution in [0.15, 0.2) is 146 Å². The minimum Gasteiger partial charge on any atom is -0.353 e. The summed E-state index contributed by atoms with van der Waals surface area (Å²) in [6, 6.07) is 47.3. The number of imide groups is 2. The van der Waals surface area contributed by atoms with Gasteiger partial charge >= 0.3 is 0 Å². The first kappa shape index (κ1) is 66.1. The van der Waals surface area contributed by atoms with E-state index in [2.05, 4.69) is 136 Å². The quantitative estimate of drug-likeness (QED) is 0.0821. The highest BCUT2D eigenvalue weighted by molar-refractivity contribution is 9.09. The van der Waals surface area contributed by atoms with E-state index in [1.807, 2.05) is 38.1 Å². The Morgan fingerprint density at radius 2 is 0.744 bits per heavy atom. The van der Waals surface area contributed by atoms with Crippen LogP contribution in [-0.4, -0.2) is 177 Å². The Kier molecular flexibility index (Phi) is 24.2. The minimum absolute atomic E-state index is 0.161. The lowest BCUT2D eigenvalue weighted by molar-refractivity contribution is 0.0635. The van der Waals surface area contributed by atoms with E-state index in [0.717, 1.165) is 144 Å². The maximum absolute atomic E-state index is 12.4. The molecule has 3 fully saturated rings. The largest absolute Gasteiger partial charge is 0.353 e. The van der Waals surface area contributed by atoms with Gasteiger partial charge in [-0.3, -0.25) is 38.8 Å². The molecule has 0 unspecified atom stereocenters. The van der Waals surface area contributed by atoms with Crippen molar-refractivity contribution in [3.63, 3.8) is 0 Å². The summed E-state index contributed by atoms with van der Waals surface area (Å²) in [6.07, 6.45) is 2.68. The fourth-order valence-electron chi connectivity index (χ4n) is 11.3. The summed E-state index contributed by atoms with van der Waals surface area (Å²) >= 11 is 15.2. The van der Waals surface area contributed by atoms with Crippen LogP contribution in [0.2, 0.25) is 5.15 Å². The number of rotatable bonds is 13. The van der Waals surface area contributed by atoms with Crippen molar-refractivity contribution in [3.05, 3.63) is 173 Å². The molecule has 4 aromatic heterocycles. The Hall–Kier alpha value is -6.83. The average molecular weight is 1370 g/mol. The molecule has 0 bridgehead atoms. The number of fused-ring (bicyclic) bond motifs is 6. The molecule has 90 heavy (non-hydrogen) atoms. The van der Waals surface area contributed by atoms with E-state index < -0.39 is 0 Å². The molecule has 470 valence electrons. The molecule has 5 aliphatic heterocycles. The number of alkyl halides is 1. The molecular formula is C67H75BrClN13O4S4. The van der Waals surface area contributed by atoms with Crippen LogP contribution in [0.25, 0.3) is 40.3 Å². The Bertz CT molecular complexity index is 3920. The third kappa shape index (κ3) is 15.9. The SMILES string of the molecule is CC.Clc1nsc2ccccc12.NCCCN1CCN(c2nsc3ccccc23)CC1.O=C1c2ccccc2C(=O)N1CCCBr.O=C1c2ccccc2C(=O)N1CCCN1CCN(c2nsc3ccccc23)CC1.c1ccc2c(N3CCNCC3)nsc2c1. The maximum atomic E-state index is 12.4. The number of hydrogen-bond acceptors (Lipinski definition) is 19. The van der Waals surface area contributed by atoms with Crippen LogP contribution in [0.1, 0.15) is 74.5 Å². The van der Waals surface area contributed by atoms with Crippen molar-refractivity contribution in [2.75, 3.05) is 131 Å². The zero-order valence-corrected chi connectivity index (χ0v) is 56.3. The predicted molar refractivity (Wildman–Crippen MR) is 378 cm³/mol. The number of nitrogens with zero attached hydrogens (tertiary/aromatic N) is 11. The lowest BCUT2D eigenvalue weighted by Crippen LogP contribution is -2.47. The molecule has 0 aliphatic carbocycles. The number of nitrogens with one attached hydrogen (secondary N) is 1. The molecule has 17 nitrogen and oxygen atoms in total. The van der Waals surface area contributed by atoms with E-state index in [9.17, 15) is 19.2 Å². The van der Waals surface area contributed by atoms with Gasteiger partial charge in [-0.2, -0.15) is 17.5 Å². The van der Waals surface area contributed by atoms with Crippen molar-refractivity contribution in [2.45, 2.75) is 33.1 Å². The number of anilines is 3. The highest BCUT2D eigenvalue weighted by Crippen LogP contribution is 2.33. The van der Waals surface area contributed by atoms with Crippen molar-refractivity contribution >= 4 is 155 Å². The van der Waals surface area contributed by atoms with E-state index in [4.69, 9.17) is 17.3 Å². The molecule has 0 spiro atoms. The molecule has 15 rings (SSSR count). The Balaban J connectivity index is 0.000000128. The van der Waals surface area contributed by atoms with Crippen LogP contribution in [0.3, 0.4) is 0 Å². The van der Waals surface area contributed by atoms with Crippen molar-refractivity contribution in [1.82, 2.24) is 42.4 Å². The third-order valence-electron chi connectivity index (χ3n) is 16.0. The number of nitrogens with two attached hydrogens (primary N) is 1. The molecule has 3 N–H and O–H groups in total. The number of benzene rings is 6. The Morgan fingerprint density at radius 3 is 1.12 bits per heavy atom. The molecule has 0 saturated carbocycles. The first-order chi connectivity index (χ1) is 44.2. The lowest BCUT2D eigenvalue weighted by Gasteiger charge is -2.35. The number of piperazine rings is 3. The summed E-state index contributed by atoms with van der Waals surface area (Å²) in [4.78, 5) is 63.3. The second-order valence-electron chi connectivity index (χ2n) is 21.5. The first-order valence-electron chi connectivity index (χ1n) is 30.8. The van der Waals surface area contributed by atoms with E-state index in [-0.39, 0.29) is 23.6 Å². The fourth-order valence-corrected chi connectivity index (χ4v) is 14.9. The van der Waals surface area contributed by atoms with Gasteiger partial charge in [-0.25, -0.2) is 0 Å². The summed E-state index contributed by atoms with van der Waals surface area (Å²) in [5.41, 5.74) is 7.68. The van der Waals surface area contributed by atoms with Gasteiger partial charge in [-0.05, 0) is 152 Å². The van der Waals surface area contributed by atoms with Crippen LogP contribution in [0.4, 0.5) is 17.5 Å². The lowest BCUT2D eigenvalue weighted by atomic mass is 10.1. The molecule has 4 amide bonds. The second kappa shape index (κ2) is 33.0. The summed E-state index contributed by atoms with van der Waals surface area (Å²) in [7, 11) is 0. The molecule has 5 aliphatic rings. The maximum Gasteiger partial charge on any atom is 0.261 e. The second-order valence-corrected chi connectivity index (χ2v) is 25.9. The van der Waals surface area contributed by atoms with Crippen LogP contribution in [0, 0.1) is 0 Å². The highest BCUT2D eigenvalue weighted by Gasteiger charge is 2.36. The van der Waals surface area contributed by atoms with Crippen LogP contribution >= 0.6 is 73.7 Å². The van der Waals surface area contributed by atoms with Crippen molar-refractivity contribution in [2.24, 2.45) is 5.73 Å². The van der Waals surface area contributed by atoms with Gasteiger partial charge in [0.2, 0.25) is 0 Å². The van der Waals surface area contributed by atoms with E-state index in [1.165, 1.54) is 57.4 Å². The molecule has 3 saturated heterocycles. The molecule has 9 heterocycles. The molecule has 23 heteroatoms. The molecular weight excluding hydrogens is 1290 g/mol. The summed E-state index contributed by atoms with van der Waals surface area (Å²) in [6.45, 7) is 20.2. The zero-order chi connectivity index (χ0) is 62.8. The van der Waals surface area contributed by atoms with Crippen molar-refractivity contribution in [1.29, 1.82) is 0 Å². The number of halogens is 2. The van der Waals surface area contributed by atoms with Gasteiger partial charge in [0.15, 0.2) is 5.15 Å². The number of amides is 4. The van der Waals surface area contributed by atoms with Gasteiger partial charge < -0.3 is 25.8 Å². The van der Waals surface area contributed by atoms with E-state index >= 15 is 0 Å². The Morgan fingerprint density at radius 1 is 0.422 bits per heavy atom. The van der Waals surface area contributed by atoms with Gasteiger partial charge in [0, 0.05) is 119 Å². The van der Waals surface area contributed by atoms with Gasteiger partial charge in [-0.1, -0.05) is 120 Å². The number of hydrogen-bond donors (Lipinski definition) is 2. The first-order valence-corrected chi connectivity index (χ1v) is 35.4. The van der Waals surface area contributed by atoms with Gasteiger partial charge in [0.05, 0.1) is 41.1 Å². The van der Waals surface area contributed by atoms with Crippen molar-refractivity contribution in [3.8, 4) is 0 Å². The fraction of sp³-hybridized carbons (Fsp3) is 0.343. The van der Waals surface area contributed by atoms with Crippen LogP contribution in [-0.2, 0) is 0 Å². The van der Waals surface area contributed by atoms with Gasteiger partial charge in [0.25, 0.3) is 23.6 Å². The number of aromatic nitrogens is 4. The molecule has 6 aromatic carbocycles. The van der Waals surface area contributed by atoms with E-state index in [1.54, 1.807) is 83.1 Å². The highest BCUT2D eigenvalue weighted by atomic mass is 79.9. The van der Waals surface area contributed by atoms with Crippen LogP contribution < -0.4 is 25.8 Å². The van der Waals surface area contributed by atoms with Gasteiger partial charge in [-0.15, -0.1) is 0 Å². The monoisotopic (exact) mass is 1370 g/mol. The van der Waals surface area contributed by atoms with E-state index in [0.29, 0.717) is 40.5 Å². The molecule has 10 aromatic rings. The standard InChI is InChI=1S/C22H22N4O2S.C14H20N4S.C11H10BrNO2.C11H13N3S.C7H4ClNS.C2H6/c27-21-16-6-1-2-7-17(16)22(28)26(21)11-5-10-24-12-14-25(15-13-24)20-18-8-3-4-9-19(18)29-23-20;15-6-3-7-17-8-10-18(11-9-17)14-12-4-1-2-5-13(12)19-16-14;12-6-3-7-13-10(14)8-4-1-2-5-9(8)11(13)15;1-2-4-10-9(3-1)11(13-15-10)14-7-5-12-6-8-14;8-7-5-3-1-2-4-6(5)10-9-7;1-2/h1-4,6-9H,5,10-15H2;1-2,4-5H,3,6-11,15H2;1-2,4-5H,3,6-7H2;1-4,12H,5-8H2;1-4H;1-2H3. The Labute approximate surface area is 555 Å². The minimum atomic E-state index is -0.170. The topological polar surface area (TPSA) is 181 Å². The number of carbonyl (C=O) groups excluding carboxylic acids is 4. The summed E-state index contributed by atoms with van der Waals surface area (Å²) < 4.78 is 22.8. The summed E-state index contributed by atoms with van der Waals surface area (Å²) in [5.74, 6) is 2.76. The smallest absolute Gasteiger partial charge is 0.261 e. The normalized spacial score (nSPS) is 15.8.